The summed E-state index contributed by atoms with van der Waals surface area (Å²) in [6.45, 7) is 0.0583. The number of benzene rings is 1. The number of amides is 1. The van der Waals surface area contributed by atoms with Crippen molar-refractivity contribution in [1.29, 1.82) is 0 Å². The van der Waals surface area contributed by atoms with Gasteiger partial charge < -0.3 is 11.1 Å². The molecule has 21 heavy (non-hydrogen) atoms. The second-order valence-electron chi connectivity index (χ2n) is 4.63. The van der Waals surface area contributed by atoms with Crippen molar-refractivity contribution in [2.45, 2.75) is 0 Å². The Morgan fingerprint density at radius 2 is 2.14 bits per heavy atom. The van der Waals surface area contributed by atoms with Crippen molar-refractivity contribution < 1.29 is 13.2 Å². The van der Waals surface area contributed by atoms with Crippen molar-refractivity contribution >= 4 is 21.4 Å². The number of aromatic nitrogens is 2. The van der Waals surface area contributed by atoms with Crippen LogP contribution in [0.25, 0.3) is 5.69 Å². The molecule has 0 saturated carbocycles. The smallest absolute Gasteiger partial charge is 0.271 e. The molecule has 0 bridgehead atoms. The highest BCUT2D eigenvalue weighted by atomic mass is 32.2. The number of rotatable bonds is 5. The molecule has 2 rings (SSSR count). The van der Waals surface area contributed by atoms with Gasteiger partial charge in [-0.3, -0.25) is 4.79 Å². The van der Waals surface area contributed by atoms with Crippen molar-refractivity contribution in [1.82, 2.24) is 15.1 Å². The molecule has 7 nitrogen and oxygen atoms in total. The van der Waals surface area contributed by atoms with Gasteiger partial charge in [-0.2, -0.15) is 5.10 Å². The second-order valence-corrected chi connectivity index (χ2v) is 6.89. The highest BCUT2D eigenvalue weighted by molar-refractivity contribution is 7.90. The molecule has 1 aromatic heterocycles. The predicted molar refractivity (Wildman–Crippen MR) is 80.0 cm³/mol. The molecule has 0 saturated heterocycles. The number of anilines is 1. The zero-order valence-electron chi connectivity index (χ0n) is 11.5. The molecule has 3 N–H and O–H groups in total. The van der Waals surface area contributed by atoms with Crippen LogP contribution in [-0.4, -0.2) is 42.7 Å². The van der Waals surface area contributed by atoms with Gasteiger partial charge in [0.15, 0.2) is 5.69 Å². The van der Waals surface area contributed by atoms with Crippen LogP contribution in [-0.2, 0) is 9.84 Å². The van der Waals surface area contributed by atoms with Gasteiger partial charge in [-0.1, -0.05) is 6.07 Å². The predicted octanol–water partition coefficient (Wildman–Crippen LogP) is 0.229. The Balaban J connectivity index is 2.04. The van der Waals surface area contributed by atoms with Crippen molar-refractivity contribution in [3.05, 3.63) is 42.2 Å². The summed E-state index contributed by atoms with van der Waals surface area (Å²) in [6.07, 6.45) is 2.76. The molecular formula is C13H16N4O3S. The van der Waals surface area contributed by atoms with Crippen molar-refractivity contribution in [2.75, 3.05) is 24.3 Å². The van der Waals surface area contributed by atoms with Crippen LogP contribution in [0.5, 0.6) is 0 Å². The van der Waals surface area contributed by atoms with Crippen LogP contribution in [0.4, 0.5) is 5.69 Å². The third-order valence-corrected chi connectivity index (χ3v) is 3.66. The minimum absolute atomic E-state index is 0.0583. The number of nitrogens with two attached hydrogens (primary N) is 1. The average Bonchev–Trinajstić information content (AvgIpc) is 2.86. The highest BCUT2D eigenvalue weighted by Gasteiger charge is 2.11. The van der Waals surface area contributed by atoms with Gasteiger partial charge >= 0.3 is 0 Å². The van der Waals surface area contributed by atoms with E-state index in [1.807, 2.05) is 6.07 Å². The van der Waals surface area contributed by atoms with E-state index in [9.17, 15) is 13.2 Å². The van der Waals surface area contributed by atoms with Crippen LogP contribution in [0.3, 0.4) is 0 Å². The first-order chi connectivity index (χ1) is 9.85. The Kier molecular flexibility index (Phi) is 4.27. The molecule has 1 aromatic carbocycles. The lowest BCUT2D eigenvalue weighted by Crippen LogP contribution is -2.29. The zero-order chi connectivity index (χ0) is 15.5. The highest BCUT2D eigenvalue weighted by Crippen LogP contribution is 2.11. The number of carbonyl (C=O) groups excluding carboxylic acids is 1. The number of hydrogen-bond acceptors (Lipinski definition) is 5. The van der Waals surface area contributed by atoms with E-state index in [-0.39, 0.29) is 18.0 Å². The third-order valence-electron chi connectivity index (χ3n) is 2.71. The monoisotopic (exact) mass is 308 g/mol. The number of nitrogens with zero attached hydrogens (tertiary/aromatic N) is 2. The van der Waals surface area contributed by atoms with E-state index in [4.69, 9.17) is 5.73 Å². The Morgan fingerprint density at radius 3 is 2.81 bits per heavy atom. The van der Waals surface area contributed by atoms with E-state index in [2.05, 4.69) is 10.4 Å². The quantitative estimate of drug-likeness (QED) is 0.769. The molecule has 0 radical (unpaired) electrons. The summed E-state index contributed by atoms with van der Waals surface area (Å²) < 4.78 is 23.5. The molecule has 0 atom stereocenters. The Labute approximate surface area is 122 Å². The summed E-state index contributed by atoms with van der Waals surface area (Å²) in [5.74, 6) is -0.518. The maximum absolute atomic E-state index is 11.8. The molecule has 0 fully saturated rings. The van der Waals surface area contributed by atoms with E-state index in [1.165, 1.54) is 4.68 Å². The lowest BCUT2D eigenvalue weighted by molar-refractivity contribution is 0.0950. The lowest BCUT2D eigenvalue weighted by Gasteiger charge is -2.03. The van der Waals surface area contributed by atoms with Crippen molar-refractivity contribution in [3.8, 4) is 5.69 Å². The van der Waals surface area contributed by atoms with Crippen LogP contribution in [0, 0.1) is 0 Å². The second kappa shape index (κ2) is 5.96. The standard InChI is InChI=1S/C13H16N4O3S/c1-21(19,20)8-6-15-13(18)12-5-7-17(16-12)11-4-2-3-10(14)9-11/h2-5,7,9H,6,8,14H2,1H3,(H,15,18). The molecule has 2 aromatic rings. The number of carbonyl (C=O) groups is 1. The Bertz CT molecular complexity index is 752. The molecule has 0 spiro atoms. The number of sulfone groups is 1. The third kappa shape index (κ3) is 4.32. The fraction of sp³-hybridized carbons (Fsp3) is 0.231. The maximum atomic E-state index is 11.8. The molecule has 1 heterocycles. The van der Waals surface area contributed by atoms with Crippen LogP contribution < -0.4 is 11.1 Å². The molecule has 8 heteroatoms. The normalized spacial score (nSPS) is 11.3. The summed E-state index contributed by atoms with van der Waals surface area (Å²) in [5.41, 5.74) is 7.25. The van der Waals surface area contributed by atoms with E-state index in [1.54, 1.807) is 30.5 Å². The summed E-state index contributed by atoms with van der Waals surface area (Å²) in [5, 5.41) is 6.65. The van der Waals surface area contributed by atoms with Gasteiger partial charge in [0.25, 0.3) is 5.91 Å². The van der Waals surface area contributed by atoms with E-state index in [0.29, 0.717) is 5.69 Å². The molecule has 0 aliphatic carbocycles. The van der Waals surface area contributed by atoms with Gasteiger partial charge in [-0.15, -0.1) is 0 Å². The molecule has 0 aliphatic rings. The topological polar surface area (TPSA) is 107 Å². The average molecular weight is 308 g/mol. The molecule has 1 amide bonds. The van der Waals surface area contributed by atoms with Crippen LogP contribution >= 0.6 is 0 Å². The summed E-state index contributed by atoms with van der Waals surface area (Å²) >= 11 is 0. The van der Waals surface area contributed by atoms with Gasteiger partial charge in [0.05, 0.1) is 11.4 Å². The molecule has 0 aliphatic heterocycles. The first-order valence-corrected chi connectivity index (χ1v) is 8.29. The van der Waals surface area contributed by atoms with Gasteiger partial charge in [0.1, 0.15) is 9.84 Å². The van der Waals surface area contributed by atoms with E-state index >= 15 is 0 Å². The Morgan fingerprint density at radius 1 is 1.38 bits per heavy atom. The van der Waals surface area contributed by atoms with Crippen LogP contribution in [0.15, 0.2) is 36.5 Å². The van der Waals surface area contributed by atoms with Gasteiger partial charge in [-0.25, -0.2) is 13.1 Å². The molecular weight excluding hydrogens is 292 g/mol. The van der Waals surface area contributed by atoms with Crippen molar-refractivity contribution in [3.63, 3.8) is 0 Å². The van der Waals surface area contributed by atoms with E-state index in [0.717, 1.165) is 11.9 Å². The zero-order valence-corrected chi connectivity index (χ0v) is 12.3. The Hall–Kier alpha value is -2.35. The fourth-order valence-corrected chi connectivity index (χ4v) is 2.17. The summed E-state index contributed by atoms with van der Waals surface area (Å²) in [7, 11) is -3.10. The maximum Gasteiger partial charge on any atom is 0.271 e. The minimum Gasteiger partial charge on any atom is -0.399 e. The minimum atomic E-state index is -3.10. The van der Waals surface area contributed by atoms with Gasteiger partial charge in [0.2, 0.25) is 0 Å². The fourth-order valence-electron chi connectivity index (χ4n) is 1.70. The summed E-state index contributed by atoms with van der Waals surface area (Å²) in [6, 6.07) is 8.65. The van der Waals surface area contributed by atoms with Crippen LogP contribution in [0.1, 0.15) is 10.5 Å². The SMILES string of the molecule is CS(=O)(=O)CCNC(=O)c1ccn(-c2cccc(N)c2)n1. The first-order valence-electron chi connectivity index (χ1n) is 6.23. The van der Waals surface area contributed by atoms with Gasteiger partial charge in [0, 0.05) is 24.7 Å². The molecule has 112 valence electrons. The number of nitrogens with one attached hydrogen (secondary N) is 1. The molecule has 0 unspecified atom stereocenters. The van der Waals surface area contributed by atoms with E-state index < -0.39 is 15.7 Å². The number of nitrogen functional groups attached to an aromatic ring is 1. The lowest BCUT2D eigenvalue weighted by atomic mass is 10.3. The summed E-state index contributed by atoms with van der Waals surface area (Å²) in [4.78, 5) is 11.8. The number of hydrogen-bond donors (Lipinski definition) is 2. The largest absolute Gasteiger partial charge is 0.399 e. The van der Waals surface area contributed by atoms with Gasteiger partial charge in [-0.05, 0) is 24.3 Å². The van der Waals surface area contributed by atoms with Crippen LogP contribution in [0.2, 0.25) is 0 Å². The first kappa shape index (κ1) is 15.0. The van der Waals surface area contributed by atoms with Crippen molar-refractivity contribution in [2.24, 2.45) is 0 Å².